The third-order valence-electron chi connectivity index (χ3n) is 7.26. The molecule has 1 atom stereocenters. The van der Waals surface area contributed by atoms with Crippen molar-refractivity contribution >= 4 is 26.5 Å². The van der Waals surface area contributed by atoms with Gasteiger partial charge in [0.05, 0.1) is 8.07 Å². The second-order valence-electron chi connectivity index (χ2n) is 12.9. The Morgan fingerprint density at radius 1 is 0.778 bits per heavy atom. The minimum absolute atomic E-state index is 0. The zero-order chi connectivity index (χ0) is 35.1. The van der Waals surface area contributed by atoms with Gasteiger partial charge in [-0.3, -0.25) is 0 Å². The standard InChI is InChI=1S/C12H26Si.C10H21.C8H17.C5H9F3O3SSi.Zn/c1-5-7-8-9-10-11-12-13(3,4)6-2;1-4-6-7-8-9-10(3)5-2;1-3-5-7-8-6-4-2;1-4-13(2,3)11-12(9,10)5(6,7)8;/h6H,2,5,7-12H2,1,3-4H3;5,10H,4,6-9H2,1-3H3;1,3-8H2,2H3;4H,1H2,2-3H3;/q;2*-1;;+2. The monoisotopic (exact) mass is 750 g/mol. The molecule has 0 spiro atoms. The van der Waals surface area contributed by atoms with Crippen LogP contribution in [0.5, 0.6) is 0 Å². The fourth-order valence-electron chi connectivity index (χ4n) is 3.67. The Labute approximate surface area is 295 Å². The van der Waals surface area contributed by atoms with E-state index in [9.17, 15) is 21.6 Å². The molecule has 0 aromatic heterocycles. The number of hydrogen-bond donors (Lipinski definition) is 0. The molecule has 0 aromatic carbocycles. The molecule has 0 aliphatic rings. The fourth-order valence-corrected chi connectivity index (χ4v) is 7.94. The molecule has 0 fully saturated rings. The molecule has 3 nitrogen and oxygen atoms in total. The van der Waals surface area contributed by atoms with E-state index >= 15 is 0 Å². The van der Waals surface area contributed by atoms with E-state index in [4.69, 9.17) is 0 Å². The van der Waals surface area contributed by atoms with Crippen molar-refractivity contribution in [3.63, 3.8) is 0 Å². The Morgan fingerprint density at radius 2 is 1.18 bits per heavy atom. The van der Waals surface area contributed by atoms with Crippen molar-refractivity contribution in [1.82, 2.24) is 0 Å². The van der Waals surface area contributed by atoms with Gasteiger partial charge in [-0.05, 0) is 13.1 Å². The summed E-state index contributed by atoms with van der Waals surface area (Å²) in [5, 5.41) is 0. The van der Waals surface area contributed by atoms with Crippen LogP contribution in [0.25, 0.3) is 0 Å². The molecule has 0 aromatic rings. The Hall–Kier alpha value is 0.237. The summed E-state index contributed by atoms with van der Waals surface area (Å²) in [7, 11) is -9.43. The van der Waals surface area contributed by atoms with E-state index in [-0.39, 0.29) is 19.5 Å². The van der Waals surface area contributed by atoms with Gasteiger partial charge in [0.25, 0.3) is 0 Å². The molecule has 0 saturated carbocycles. The third-order valence-corrected chi connectivity index (χ3v) is 14.2. The zero-order valence-electron chi connectivity index (χ0n) is 31.1. The minimum Gasteiger partial charge on any atom is -0.343 e. The number of rotatable bonds is 22. The Morgan fingerprint density at radius 3 is 1.53 bits per heavy atom. The van der Waals surface area contributed by atoms with Crippen LogP contribution < -0.4 is 0 Å². The van der Waals surface area contributed by atoms with Crippen LogP contribution in [0.2, 0.25) is 32.2 Å². The van der Waals surface area contributed by atoms with E-state index < -0.39 is 32.0 Å². The van der Waals surface area contributed by atoms with Gasteiger partial charge in [0.15, 0.2) is 0 Å². The van der Waals surface area contributed by atoms with E-state index in [1.165, 1.54) is 122 Å². The van der Waals surface area contributed by atoms with Crippen molar-refractivity contribution in [1.29, 1.82) is 0 Å². The minimum atomic E-state index is -5.48. The van der Waals surface area contributed by atoms with Gasteiger partial charge in [-0.1, -0.05) is 155 Å². The molecule has 0 aliphatic heterocycles. The summed E-state index contributed by atoms with van der Waals surface area (Å²) in [6.45, 7) is 29.5. The first kappa shape index (κ1) is 54.7. The number of alkyl halides is 3. The van der Waals surface area contributed by atoms with Gasteiger partial charge < -0.3 is 17.2 Å². The van der Waals surface area contributed by atoms with E-state index in [1.54, 1.807) is 0 Å². The van der Waals surface area contributed by atoms with Crippen molar-refractivity contribution in [2.75, 3.05) is 0 Å². The molecule has 45 heavy (non-hydrogen) atoms. The van der Waals surface area contributed by atoms with Crippen LogP contribution >= 0.6 is 0 Å². The van der Waals surface area contributed by atoms with Gasteiger partial charge >= 0.3 is 35.1 Å². The summed E-state index contributed by atoms with van der Waals surface area (Å²) in [5.74, 6) is 0.830. The van der Waals surface area contributed by atoms with Crippen molar-refractivity contribution in [3.05, 3.63) is 37.9 Å². The van der Waals surface area contributed by atoms with Crippen LogP contribution in [0.4, 0.5) is 13.2 Å². The van der Waals surface area contributed by atoms with Crippen molar-refractivity contribution in [3.8, 4) is 0 Å². The molecule has 0 rings (SSSR count). The average molecular weight is 753 g/mol. The van der Waals surface area contributed by atoms with Gasteiger partial charge in [-0.2, -0.15) is 40.9 Å². The Kier molecular flexibility index (Phi) is 41.4. The topological polar surface area (TPSA) is 43.4 Å². The van der Waals surface area contributed by atoms with Crippen LogP contribution in [0.15, 0.2) is 24.6 Å². The molecule has 0 aliphatic carbocycles. The Balaban J connectivity index is -0.000000160. The molecule has 0 amide bonds. The van der Waals surface area contributed by atoms with E-state index in [2.05, 4.69) is 83.8 Å². The molecule has 0 bridgehead atoms. The van der Waals surface area contributed by atoms with Gasteiger partial charge in [0.1, 0.15) is 0 Å². The van der Waals surface area contributed by atoms with E-state index in [0.717, 1.165) is 18.0 Å². The first-order valence-corrected chi connectivity index (χ1v) is 24.9. The summed E-state index contributed by atoms with van der Waals surface area (Å²) in [6, 6.07) is 1.43. The molecule has 1 unspecified atom stereocenters. The predicted octanol–water partition coefficient (Wildman–Crippen LogP) is 13.6. The second-order valence-corrected chi connectivity index (χ2v) is 23.5. The summed E-state index contributed by atoms with van der Waals surface area (Å²) >= 11 is 0. The number of unbranched alkanes of at least 4 members (excludes halogenated alkanes) is 13. The molecular weight excluding hydrogens is 679 g/mol. The first-order chi connectivity index (χ1) is 20.4. The summed E-state index contributed by atoms with van der Waals surface area (Å²) in [5.41, 5.74) is -2.03. The molecule has 10 heteroatoms. The van der Waals surface area contributed by atoms with Gasteiger partial charge in [-0.15, -0.1) is 18.9 Å². The van der Waals surface area contributed by atoms with Crippen molar-refractivity contribution in [2.24, 2.45) is 5.92 Å². The van der Waals surface area contributed by atoms with Crippen LogP contribution in [0.3, 0.4) is 0 Å². The average Bonchev–Trinajstić information content (AvgIpc) is 2.95. The van der Waals surface area contributed by atoms with Gasteiger partial charge in [-0.25, -0.2) is 0 Å². The van der Waals surface area contributed by atoms with Gasteiger partial charge in [0.2, 0.25) is 8.32 Å². The quantitative estimate of drug-likeness (QED) is 0.0479. The van der Waals surface area contributed by atoms with E-state index in [1.807, 2.05) is 0 Å². The predicted molar refractivity (Wildman–Crippen MR) is 196 cm³/mol. The van der Waals surface area contributed by atoms with Crippen LogP contribution in [0.1, 0.15) is 144 Å². The fraction of sp³-hybridized carbons (Fsp3) is 0.829. The second kappa shape index (κ2) is 34.1. The van der Waals surface area contributed by atoms with Crippen LogP contribution in [0, 0.1) is 19.3 Å². The zero-order valence-corrected chi connectivity index (χ0v) is 36.9. The maximum absolute atomic E-state index is 11.8. The molecule has 268 valence electrons. The number of hydrogen-bond acceptors (Lipinski definition) is 3. The molecule has 0 radical (unpaired) electrons. The molecule has 0 N–H and O–H groups in total. The largest absolute Gasteiger partial charge is 2.00 e. The maximum atomic E-state index is 11.8. The first-order valence-electron chi connectivity index (χ1n) is 17.2. The Bertz CT molecular complexity index is 741. The summed E-state index contributed by atoms with van der Waals surface area (Å²) in [6.07, 6.45) is 25.8. The molecular formula is C35H73F3O3SSi2Zn. The smallest absolute Gasteiger partial charge is 0.343 e. The van der Waals surface area contributed by atoms with Crippen LogP contribution in [-0.2, 0) is 33.5 Å². The summed E-state index contributed by atoms with van der Waals surface area (Å²) < 4.78 is 60.3. The van der Waals surface area contributed by atoms with Crippen LogP contribution in [-0.4, -0.2) is 30.3 Å². The van der Waals surface area contributed by atoms with Crippen molar-refractivity contribution in [2.45, 2.75) is 182 Å². The molecule has 0 saturated heterocycles. The molecule has 0 heterocycles. The van der Waals surface area contributed by atoms with Gasteiger partial charge in [0, 0.05) is 0 Å². The normalized spacial score (nSPS) is 12.2. The summed E-state index contributed by atoms with van der Waals surface area (Å²) in [4.78, 5) is 0. The maximum Gasteiger partial charge on any atom is 2.00 e. The number of halogens is 3. The van der Waals surface area contributed by atoms with E-state index in [0.29, 0.717) is 0 Å². The van der Waals surface area contributed by atoms with Crippen molar-refractivity contribution < 1.29 is 44.9 Å². The third kappa shape index (κ3) is 42.2. The SMILES string of the molecule is C=C[Si](C)(C)CCCCCCCC.C=C[Si](C)(C)OS(=O)(=O)C(F)(F)F.C[CH-]C(C)CCCCCC.[CH2-]CCCCCCC.[Zn+2].